The van der Waals surface area contributed by atoms with Gasteiger partial charge in [-0.15, -0.1) is 0 Å². The molecule has 0 aromatic heterocycles. The van der Waals surface area contributed by atoms with Crippen LogP contribution in [0.25, 0.3) is 33.4 Å². The number of allylic oxidation sites excluding steroid dienone is 12. The molecule has 0 radical (unpaired) electrons. The summed E-state index contributed by atoms with van der Waals surface area (Å²) in [6.45, 7) is 20.7. The zero-order chi connectivity index (χ0) is 109. The Balaban J connectivity index is 0.000000172. The highest BCUT2D eigenvalue weighted by Crippen LogP contribution is 2.64. The third-order valence-corrected chi connectivity index (χ3v) is 35.2. The first kappa shape index (κ1) is 116. The monoisotopic (exact) mass is 2240 g/mol. The second-order valence-corrected chi connectivity index (χ2v) is 49.9. The average Bonchev–Trinajstić information content (AvgIpc) is 1.54. The van der Waals surface area contributed by atoms with Crippen LogP contribution < -0.4 is 0 Å². The summed E-state index contributed by atoms with van der Waals surface area (Å²) in [6, 6.07) is 72.9. The Bertz CT molecular complexity index is 8280. The standard InChI is InChI=1S/C23H24N2O4S2.C20H16N2O3S2.C19H14N2O3S2.C16H16N2O3S2.C15H14N2O3S2.C14H12N2O3S2/c1-15-6-4-5-7-17(15)18(13-24)19-8-9-21(30-19)25-29-31(27,28)14-23-11-10-16(12-20(23)26)22(23,2)3;1-14-7-9-16(10-8-14)27(23,24)25-22-20-12-11-19(26-20)18(13-21)17-6-4-3-5-15(17)2;1-14-7-5-6-10-16(14)17(13-20)18-11-12-19(25-18)21-24-26(22,23)15-8-3-2-4-9-15;1-3-10-23(19,20)21-18-16-9-8-15(22-16)14(11-17)13-7-5-4-6-12(13)2;1-3-22(18,19)20-17-15-9-8-14(21-15)13(10-16)12-7-5-4-6-11(12)2;1-10-5-3-4-6-11(10)12(9-15)13-7-8-14(20-13)16-19-21(2,17)18/h4-9,16H,10-12,14H2,1-3H3;3-12H,1-2H3;2-12H,1H3;4-9H,3,10H2,1-2H3;4-9H,3H2,1-2H3;3-8H,1-2H3/b19-18-,25-21+;19-18-,22-20+;18-17-,21-19+;15-14-,18-16+;14-13-,17-15+;13-12-,16-14+. The molecule has 43 heteroatoms. The highest BCUT2D eigenvalue weighted by molar-refractivity contribution is 8.20. The Labute approximate surface area is 899 Å². The van der Waals surface area contributed by atoms with Gasteiger partial charge in [0.05, 0.1) is 56.6 Å². The van der Waals surface area contributed by atoms with Crippen molar-refractivity contribution in [2.24, 2.45) is 47.7 Å². The maximum atomic E-state index is 12.7. The predicted molar refractivity (Wildman–Crippen MR) is 597 cm³/mol. The fraction of sp³-hybridized carbons (Fsp3) is 0.206. The Morgan fingerprint density at radius 1 is 0.333 bits per heavy atom. The second-order valence-electron chi connectivity index (χ2n) is 33.8. The van der Waals surface area contributed by atoms with E-state index in [2.05, 4.69) is 80.2 Å². The molecular formula is C107H96N12O19S12. The van der Waals surface area contributed by atoms with Gasteiger partial charge in [0, 0.05) is 35.9 Å². The molecule has 6 aliphatic heterocycles. The Hall–Kier alpha value is -14.1. The minimum atomic E-state index is -4.04. The van der Waals surface area contributed by atoms with Gasteiger partial charge in [-0.3, -0.25) is 30.5 Å². The number of nitriles is 6. The number of Topliss-reactive ketones (excluding diaryl/α,β-unsaturated/α-hetero) is 1. The summed E-state index contributed by atoms with van der Waals surface area (Å²) < 4.78 is 170. The molecule has 6 heterocycles. The molecule has 2 unspecified atom stereocenters. The molecule has 2 fully saturated rings. The quantitative estimate of drug-likeness (QED) is 0.0379. The molecule has 2 saturated carbocycles. The van der Waals surface area contributed by atoms with Gasteiger partial charge in [0.25, 0.3) is 0 Å². The fourth-order valence-electron chi connectivity index (χ4n) is 15.4. The zero-order valence-corrected chi connectivity index (χ0v) is 92.3. The molecule has 2 aliphatic carbocycles. The number of benzene rings is 8. The van der Waals surface area contributed by atoms with Crippen molar-refractivity contribution in [3.63, 3.8) is 0 Å². The van der Waals surface area contributed by atoms with Crippen molar-refractivity contribution in [1.82, 2.24) is 0 Å². The molecule has 0 N–H and O–H groups in total. The number of carbonyl (C=O) groups excluding carboxylic acids is 1. The normalized spacial score (nSPS) is 20.2. The van der Waals surface area contributed by atoms with Crippen molar-refractivity contribution in [3.8, 4) is 36.4 Å². The summed E-state index contributed by atoms with van der Waals surface area (Å²) in [5.41, 5.74) is 13.8. The number of rotatable bonds is 25. The van der Waals surface area contributed by atoms with Gasteiger partial charge in [-0.05, 0) is 250 Å². The first-order valence-electron chi connectivity index (χ1n) is 45.4. The van der Waals surface area contributed by atoms with Crippen LogP contribution in [-0.2, 0) is 91.2 Å². The molecule has 16 rings (SSSR count). The summed E-state index contributed by atoms with van der Waals surface area (Å²) in [6.07, 6.45) is 23.4. The van der Waals surface area contributed by atoms with Crippen molar-refractivity contribution in [3.05, 3.63) is 375 Å². The van der Waals surface area contributed by atoms with Gasteiger partial charge in [0.15, 0.2) is 0 Å². The van der Waals surface area contributed by atoms with E-state index in [1.54, 1.807) is 110 Å². The van der Waals surface area contributed by atoms with Crippen LogP contribution in [0.3, 0.4) is 0 Å². The molecule has 150 heavy (non-hydrogen) atoms. The highest BCUT2D eigenvalue weighted by atomic mass is 32.2. The molecule has 0 saturated heterocycles. The van der Waals surface area contributed by atoms with Gasteiger partial charge in [-0.2, -0.15) is 82.1 Å². The first-order valence-corrected chi connectivity index (χ1v) is 59.6. The van der Waals surface area contributed by atoms with E-state index in [1.807, 2.05) is 208 Å². The van der Waals surface area contributed by atoms with Gasteiger partial charge >= 0.3 is 60.7 Å². The number of carbonyl (C=O) groups is 1. The summed E-state index contributed by atoms with van der Waals surface area (Å²) in [4.78, 5) is 16.9. The van der Waals surface area contributed by atoms with Crippen LogP contribution in [0.1, 0.15) is 126 Å². The number of hydrogen-bond donors (Lipinski definition) is 0. The van der Waals surface area contributed by atoms with Gasteiger partial charge in [0.2, 0.25) is 0 Å². The molecule has 8 aliphatic rings. The molecule has 0 amide bonds. The third-order valence-electron chi connectivity index (χ3n) is 23.3. The van der Waals surface area contributed by atoms with E-state index in [1.165, 1.54) is 102 Å². The highest BCUT2D eigenvalue weighted by Gasteiger charge is 2.66. The molecule has 8 aromatic rings. The lowest BCUT2D eigenvalue weighted by atomic mass is 9.70. The van der Waals surface area contributed by atoms with E-state index in [4.69, 9.17) is 12.9 Å². The van der Waals surface area contributed by atoms with Crippen molar-refractivity contribution in [1.29, 1.82) is 31.6 Å². The van der Waals surface area contributed by atoms with Crippen molar-refractivity contribution in [2.45, 2.75) is 112 Å². The minimum absolute atomic E-state index is 0.0193. The number of thioether (sulfide) groups is 6. The van der Waals surface area contributed by atoms with E-state index >= 15 is 0 Å². The van der Waals surface area contributed by atoms with E-state index in [9.17, 15) is 86.9 Å². The lowest BCUT2D eigenvalue weighted by Gasteiger charge is -2.35. The van der Waals surface area contributed by atoms with Crippen LogP contribution in [0.5, 0.6) is 0 Å². The van der Waals surface area contributed by atoms with Gasteiger partial charge in [0.1, 0.15) is 88.0 Å². The molecular weight excluding hydrogens is 2140 g/mol. The first-order chi connectivity index (χ1) is 71.3. The molecule has 31 nitrogen and oxygen atoms in total. The number of oxime groups is 6. The summed E-state index contributed by atoms with van der Waals surface area (Å²) in [5.74, 6) is -0.316. The van der Waals surface area contributed by atoms with E-state index in [0.717, 1.165) is 89.9 Å². The van der Waals surface area contributed by atoms with E-state index in [0.29, 0.717) is 107 Å². The van der Waals surface area contributed by atoms with E-state index in [-0.39, 0.29) is 44.2 Å². The Morgan fingerprint density at radius 3 is 0.833 bits per heavy atom. The fourth-order valence-corrected chi connectivity index (χ4v) is 24.9. The Morgan fingerprint density at radius 2 is 0.587 bits per heavy atom. The molecule has 2 atom stereocenters. The van der Waals surface area contributed by atoms with Gasteiger partial charge < -0.3 is 0 Å². The maximum absolute atomic E-state index is 12.7. The van der Waals surface area contributed by atoms with Crippen molar-refractivity contribution in [2.75, 3.05) is 23.5 Å². The number of nitrogens with zero attached hydrogens (tertiary/aromatic N) is 12. The smallest absolute Gasteiger partial charge is 0.299 e. The van der Waals surface area contributed by atoms with Gasteiger partial charge in [-0.25, -0.2) is 0 Å². The van der Waals surface area contributed by atoms with Crippen LogP contribution in [0, 0.1) is 133 Å². The predicted octanol–water partition coefficient (Wildman–Crippen LogP) is 23.0. The molecule has 2 bridgehead atoms. The summed E-state index contributed by atoms with van der Waals surface area (Å²) in [5, 5.41) is 81.4. The third kappa shape index (κ3) is 31.1. The molecule has 770 valence electrons. The average molecular weight is 2240 g/mol. The lowest BCUT2D eigenvalue weighted by molar-refractivity contribution is -0.128. The van der Waals surface area contributed by atoms with Gasteiger partial charge in [-0.1, -0.05) is 304 Å². The number of aryl methyl sites for hydroxylation is 7. The summed E-state index contributed by atoms with van der Waals surface area (Å²) >= 11 is 7.18. The largest absolute Gasteiger partial charge is 0.358 e. The van der Waals surface area contributed by atoms with Crippen LogP contribution in [0.4, 0.5) is 0 Å². The van der Waals surface area contributed by atoms with Crippen LogP contribution in [-0.4, -0.2) is 110 Å². The van der Waals surface area contributed by atoms with E-state index < -0.39 is 66.1 Å². The van der Waals surface area contributed by atoms with Crippen LogP contribution in [0.15, 0.2) is 343 Å². The van der Waals surface area contributed by atoms with Crippen LogP contribution in [0.2, 0.25) is 0 Å². The molecule has 8 aromatic carbocycles. The maximum Gasteiger partial charge on any atom is 0.358 e. The second kappa shape index (κ2) is 52.4. The topological polar surface area (TPSA) is 494 Å². The van der Waals surface area contributed by atoms with Crippen molar-refractivity contribution >= 4 is 201 Å². The number of hydrogen-bond acceptors (Lipinski definition) is 37. The number of ketones is 1. The minimum Gasteiger partial charge on any atom is -0.299 e. The van der Waals surface area contributed by atoms with Crippen LogP contribution >= 0.6 is 70.6 Å². The number of fused-ring (bicyclic) bond motifs is 2. The van der Waals surface area contributed by atoms with Crippen molar-refractivity contribution < 1.29 is 81.0 Å². The zero-order valence-electron chi connectivity index (χ0n) is 82.5. The SMILES string of the molecule is CCCS(=O)(=O)O/N=C1C=C/C(=C(\C#N)c2ccccc2C)S\1.CCS(=O)(=O)O/N=C1C=C/C(=C(\C#N)c2ccccc2C)S\1.Cc1ccc(S(=O)(=O)O/N=C2C=C/C(=C(\C#N)c3ccccc3C)S\2)cc1.Cc1ccccc1/C(C#N)=C1C=C/C(=N\OS(=O)(=O)CC23CCC(CC2=O)C3(C)C)S/1.Cc1ccccc1/C(C#N)=C1C=C/C(=N\OS(=O)(=O)c2ccccc2)S/1.Cc1ccccc1/C(C#N)=C1C=C/C(=N\OS(C)(=O)=O)S/1. The summed E-state index contributed by atoms with van der Waals surface area (Å²) in [7, 11) is -22.9. The lowest BCUT2D eigenvalue weighted by Crippen LogP contribution is -2.42. The Kier molecular flexibility index (Phi) is 40.5. The molecule has 0 spiro atoms.